The molecule has 1 N–H and O–H groups in total. The first-order valence-electron chi connectivity index (χ1n) is 12.3. The standard InChI is InChI=1S/C26H32N6O3/c33-24-18-22(20-30-13-11-29(12-14-30)19-21-6-2-1-3-7-21)27-26(28-24)32-10-5-9-31(15-16-32)25(34)23-8-4-17-35-23/h1-4,6-8,17-18H,5,9-16,19-20H2,(H,27,28,33). The van der Waals surface area contributed by atoms with Crippen molar-refractivity contribution in [2.24, 2.45) is 0 Å². The summed E-state index contributed by atoms with van der Waals surface area (Å²) in [6.45, 7) is 8.05. The highest BCUT2D eigenvalue weighted by atomic mass is 16.3. The Bertz CT molecular complexity index is 1160. The number of piperazine rings is 1. The largest absolute Gasteiger partial charge is 0.459 e. The third-order valence-electron chi connectivity index (χ3n) is 6.70. The first kappa shape index (κ1) is 23.3. The number of furan rings is 1. The number of nitrogens with one attached hydrogen (secondary N) is 1. The van der Waals surface area contributed by atoms with Gasteiger partial charge in [0.1, 0.15) is 0 Å². The molecule has 5 rings (SSSR count). The highest BCUT2D eigenvalue weighted by Gasteiger charge is 2.24. The first-order valence-corrected chi connectivity index (χ1v) is 12.3. The van der Waals surface area contributed by atoms with Gasteiger partial charge in [0, 0.05) is 71.5 Å². The van der Waals surface area contributed by atoms with Crippen LogP contribution in [0.25, 0.3) is 0 Å². The summed E-state index contributed by atoms with van der Waals surface area (Å²) in [5.41, 5.74) is 1.98. The molecule has 2 fully saturated rings. The van der Waals surface area contributed by atoms with Gasteiger partial charge in [-0.3, -0.25) is 24.4 Å². The quantitative estimate of drug-likeness (QED) is 0.582. The maximum absolute atomic E-state index is 12.6. The van der Waals surface area contributed by atoms with E-state index in [-0.39, 0.29) is 11.5 Å². The van der Waals surface area contributed by atoms with Crippen LogP contribution in [0.15, 0.2) is 64.0 Å². The second kappa shape index (κ2) is 10.9. The van der Waals surface area contributed by atoms with Crippen LogP contribution in [0.4, 0.5) is 5.95 Å². The maximum Gasteiger partial charge on any atom is 0.289 e. The van der Waals surface area contributed by atoms with Gasteiger partial charge in [-0.25, -0.2) is 4.98 Å². The Balaban J connectivity index is 1.17. The molecule has 0 spiro atoms. The topological polar surface area (TPSA) is 88.9 Å². The third kappa shape index (κ3) is 5.98. The molecule has 0 unspecified atom stereocenters. The summed E-state index contributed by atoms with van der Waals surface area (Å²) in [5, 5.41) is 0. The molecular weight excluding hydrogens is 444 g/mol. The lowest BCUT2D eigenvalue weighted by molar-refractivity contribution is 0.0735. The van der Waals surface area contributed by atoms with E-state index in [1.807, 2.05) is 6.07 Å². The van der Waals surface area contributed by atoms with E-state index in [0.29, 0.717) is 37.9 Å². The zero-order valence-electron chi connectivity index (χ0n) is 19.9. The van der Waals surface area contributed by atoms with Crippen molar-refractivity contribution < 1.29 is 9.21 Å². The van der Waals surface area contributed by atoms with Gasteiger partial charge in [-0.2, -0.15) is 0 Å². The molecular formula is C26H32N6O3. The van der Waals surface area contributed by atoms with Gasteiger partial charge in [0.15, 0.2) is 5.76 Å². The van der Waals surface area contributed by atoms with Gasteiger partial charge in [-0.1, -0.05) is 30.3 Å². The van der Waals surface area contributed by atoms with Crippen LogP contribution in [0.5, 0.6) is 0 Å². The van der Waals surface area contributed by atoms with Crippen LogP contribution in [-0.2, 0) is 13.1 Å². The summed E-state index contributed by atoms with van der Waals surface area (Å²) in [6.07, 6.45) is 2.31. The van der Waals surface area contributed by atoms with E-state index in [9.17, 15) is 9.59 Å². The maximum atomic E-state index is 12.6. The molecule has 35 heavy (non-hydrogen) atoms. The molecule has 0 atom stereocenters. The number of nitrogens with zero attached hydrogens (tertiary/aromatic N) is 5. The van der Waals surface area contributed by atoms with Crippen molar-refractivity contribution in [1.82, 2.24) is 24.7 Å². The Morgan fingerprint density at radius 1 is 0.886 bits per heavy atom. The lowest BCUT2D eigenvalue weighted by Crippen LogP contribution is -2.45. The van der Waals surface area contributed by atoms with Gasteiger partial charge in [-0.05, 0) is 24.1 Å². The Morgan fingerprint density at radius 2 is 1.66 bits per heavy atom. The van der Waals surface area contributed by atoms with Gasteiger partial charge in [0.05, 0.1) is 12.0 Å². The summed E-state index contributed by atoms with van der Waals surface area (Å²) in [6, 6.07) is 15.6. The number of H-pyrrole nitrogens is 1. The Hall–Kier alpha value is -3.43. The van der Waals surface area contributed by atoms with Crippen LogP contribution in [0.2, 0.25) is 0 Å². The zero-order chi connectivity index (χ0) is 24.0. The minimum absolute atomic E-state index is 0.0986. The highest BCUT2D eigenvalue weighted by molar-refractivity contribution is 5.91. The van der Waals surface area contributed by atoms with E-state index >= 15 is 0 Å². The molecule has 2 saturated heterocycles. The van der Waals surface area contributed by atoms with E-state index in [1.54, 1.807) is 23.1 Å². The number of amides is 1. The number of benzene rings is 1. The molecule has 1 aromatic carbocycles. The molecule has 184 valence electrons. The number of rotatable bonds is 6. The lowest BCUT2D eigenvalue weighted by Gasteiger charge is -2.34. The summed E-state index contributed by atoms with van der Waals surface area (Å²) in [4.78, 5) is 41.5. The first-order chi connectivity index (χ1) is 17.1. The van der Waals surface area contributed by atoms with Gasteiger partial charge in [-0.15, -0.1) is 0 Å². The van der Waals surface area contributed by atoms with Crippen molar-refractivity contribution in [2.75, 3.05) is 57.3 Å². The average Bonchev–Trinajstić information content (AvgIpc) is 3.30. The predicted octanol–water partition coefficient (Wildman–Crippen LogP) is 2.03. The number of hydrogen-bond donors (Lipinski definition) is 1. The molecule has 3 aromatic rings. The Labute approximate surface area is 205 Å². The number of hydrogen-bond acceptors (Lipinski definition) is 7. The lowest BCUT2D eigenvalue weighted by atomic mass is 10.2. The fourth-order valence-corrected chi connectivity index (χ4v) is 4.79. The van der Waals surface area contributed by atoms with Crippen molar-refractivity contribution in [3.05, 3.63) is 82.2 Å². The second-order valence-corrected chi connectivity index (χ2v) is 9.21. The molecule has 4 heterocycles. The van der Waals surface area contributed by atoms with E-state index < -0.39 is 0 Å². The van der Waals surface area contributed by atoms with Gasteiger partial charge >= 0.3 is 0 Å². The fourth-order valence-electron chi connectivity index (χ4n) is 4.79. The minimum atomic E-state index is -0.138. The molecule has 9 nitrogen and oxygen atoms in total. The van der Waals surface area contributed by atoms with Crippen LogP contribution in [0.1, 0.15) is 28.2 Å². The molecule has 0 aliphatic carbocycles. The Morgan fingerprint density at radius 3 is 2.40 bits per heavy atom. The molecule has 0 bridgehead atoms. The van der Waals surface area contributed by atoms with Crippen LogP contribution in [0.3, 0.4) is 0 Å². The number of aromatic amines is 1. The van der Waals surface area contributed by atoms with Gasteiger partial charge < -0.3 is 14.2 Å². The van der Waals surface area contributed by atoms with E-state index in [2.05, 4.69) is 43.9 Å². The normalized spacial score (nSPS) is 17.9. The van der Waals surface area contributed by atoms with Crippen molar-refractivity contribution in [3.8, 4) is 0 Å². The SMILES string of the molecule is O=C(c1ccco1)N1CCCN(c2nc(CN3CCN(Cc4ccccc4)CC3)cc(=O)[nH]2)CC1. The summed E-state index contributed by atoms with van der Waals surface area (Å²) in [5.74, 6) is 0.844. The number of carbonyl (C=O) groups excluding carboxylic acids is 1. The third-order valence-corrected chi connectivity index (χ3v) is 6.70. The zero-order valence-corrected chi connectivity index (χ0v) is 19.9. The van der Waals surface area contributed by atoms with Crippen LogP contribution >= 0.6 is 0 Å². The molecule has 0 saturated carbocycles. The molecule has 0 radical (unpaired) electrons. The van der Waals surface area contributed by atoms with Crippen LogP contribution in [0, 0.1) is 0 Å². The smallest absolute Gasteiger partial charge is 0.289 e. The van der Waals surface area contributed by atoms with E-state index in [0.717, 1.165) is 51.4 Å². The number of carbonyl (C=O) groups is 1. The van der Waals surface area contributed by atoms with Crippen molar-refractivity contribution >= 4 is 11.9 Å². The van der Waals surface area contributed by atoms with Crippen molar-refractivity contribution in [3.63, 3.8) is 0 Å². The van der Waals surface area contributed by atoms with Gasteiger partial charge in [0.2, 0.25) is 5.95 Å². The van der Waals surface area contributed by atoms with E-state index in [4.69, 9.17) is 9.40 Å². The summed E-state index contributed by atoms with van der Waals surface area (Å²) < 4.78 is 5.27. The van der Waals surface area contributed by atoms with Crippen molar-refractivity contribution in [1.29, 1.82) is 0 Å². The highest BCUT2D eigenvalue weighted by Crippen LogP contribution is 2.15. The van der Waals surface area contributed by atoms with Gasteiger partial charge in [0.25, 0.3) is 11.5 Å². The van der Waals surface area contributed by atoms with E-state index in [1.165, 1.54) is 11.8 Å². The summed E-state index contributed by atoms with van der Waals surface area (Å²) >= 11 is 0. The summed E-state index contributed by atoms with van der Waals surface area (Å²) in [7, 11) is 0. The fraction of sp³-hybridized carbons (Fsp3) is 0.423. The van der Waals surface area contributed by atoms with Crippen LogP contribution in [-0.4, -0.2) is 82.9 Å². The number of aromatic nitrogens is 2. The van der Waals surface area contributed by atoms with Crippen LogP contribution < -0.4 is 10.5 Å². The molecule has 9 heteroatoms. The average molecular weight is 477 g/mol. The minimum Gasteiger partial charge on any atom is -0.459 e. The monoisotopic (exact) mass is 476 g/mol. The molecule has 2 aliphatic heterocycles. The van der Waals surface area contributed by atoms with Crippen molar-refractivity contribution in [2.45, 2.75) is 19.5 Å². The predicted molar refractivity (Wildman–Crippen MR) is 133 cm³/mol. The molecule has 2 aliphatic rings. The number of anilines is 1. The second-order valence-electron chi connectivity index (χ2n) is 9.21. The molecule has 1 amide bonds. The Kier molecular flexibility index (Phi) is 7.25. The molecule has 2 aromatic heterocycles.